The predicted octanol–water partition coefficient (Wildman–Crippen LogP) is 4.43. The minimum absolute atomic E-state index is 0.0478. The summed E-state index contributed by atoms with van der Waals surface area (Å²) in [6.07, 6.45) is 2.20. The van der Waals surface area contributed by atoms with Gasteiger partial charge < -0.3 is 25.0 Å². The number of H-pyrrole nitrogens is 1. The summed E-state index contributed by atoms with van der Waals surface area (Å²) in [6, 6.07) is 12.6. The van der Waals surface area contributed by atoms with E-state index in [1.54, 1.807) is 37.6 Å². The van der Waals surface area contributed by atoms with Gasteiger partial charge in [-0.15, -0.1) is 0 Å². The van der Waals surface area contributed by atoms with Gasteiger partial charge in [0.15, 0.2) is 5.69 Å². The van der Waals surface area contributed by atoms with Crippen LogP contribution in [0.25, 0.3) is 10.9 Å². The number of oxazole rings is 1. The van der Waals surface area contributed by atoms with Gasteiger partial charge in [-0.05, 0) is 48.6 Å². The maximum absolute atomic E-state index is 14.0. The molecule has 2 amide bonds. The second-order valence-corrected chi connectivity index (χ2v) is 10.2. The lowest BCUT2D eigenvalue weighted by Crippen LogP contribution is -2.50. The monoisotopic (exact) mass is 546 g/mol. The van der Waals surface area contributed by atoms with Gasteiger partial charge in [0.1, 0.15) is 17.6 Å². The molecule has 0 bridgehead atoms. The van der Waals surface area contributed by atoms with E-state index in [-0.39, 0.29) is 36.1 Å². The van der Waals surface area contributed by atoms with Crippen LogP contribution in [-0.4, -0.2) is 50.9 Å². The van der Waals surface area contributed by atoms with E-state index in [1.165, 1.54) is 6.92 Å². The third-order valence-electron chi connectivity index (χ3n) is 6.76. The number of nitrogens with zero attached hydrogens (tertiary/aromatic N) is 2. The zero-order valence-electron chi connectivity index (χ0n) is 23.0. The van der Waals surface area contributed by atoms with Crippen LogP contribution in [0, 0.1) is 12.8 Å². The molecule has 2 atom stereocenters. The average Bonchev–Trinajstić information content (AvgIpc) is 3.51. The highest BCUT2D eigenvalue weighted by Gasteiger charge is 2.38. The zero-order valence-corrected chi connectivity index (χ0v) is 23.0. The summed E-state index contributed by atoms with van der Waals surface area (Å²) in [5.41, 5.74) is 8.42. The Balaban J connectivity index is 1.81. The Bertz CT molecular complexity index is 1500. The van der Waals surface area contributed by atoms with Crippen LogP contribution in [-0.2, 0) is 22.4 Å². The first-order valence-electron chi connectivity index (χ1n) is 13.1. The number of aromatic amines is 1. The minimum Gasteiger partial charge on any atom is -0.497 e. The Labute approximate surface area is 232 Å². The maximum Gasteiger partial charge on any atom is 0.358 e. The van der Waals surface area contributed by atoms with Crippen molar-refractivity contribution in [1.29, 1.82) is 0 Å². The Morgan fingerprint density at radius 2 is 1.82 bits per heavy atom. The largest absolute Gasteiger partial charge is 0.497 e. The number of carbonyl (C=O) groups excluding carboxylic acids is 2. The normalized spacial score (nSPS) is 12.8. The number of aromatic carboxylic acids is 1. The van der Waals surface area contributed by atoms with Gasteiger partial charge in [-0.2, -0.15) is 0 Å². The van der Waals surface area contributed by atoms with Crippen LogP contribution in [0.2, 0.25) is 0 Å². The predicted molar refractivity (Wildman–Crippen MR) is 149 cm³/mol. The number of rotatable bonds is 11. The molecule has 2 aromatic heterocycles. The number of hydrogen-bond donors (Lipinski definition) is 3. The molecule has 0 aliphatic rings. The third kappa shape index (κ3) is 6.23. The van der Waals surface area contributed by atoms with Gasteiger partial charge in [0.25, 0.3) is 0 Å². The molecule has 4 aromatic rings. The lowest BCUT2D eigenvalue weighted by Gasteiger charge is -2.31. The molecule has 0 saturated heterocycles. The Kier molecular flexibility index (Phi) is 8.69. The number of amides is 2. The molecule has 4 N–H and O–H groups in total. The van der Waals surface area contributed by atoms with E-state index in [9.17, 15) is 19.5 Å². The van der Waals surface area contributed by atoms with Gasteiger partial charge >= 0.3 is 5.97 Å². The molecular formula is C30H34N4O6. The van der Waals surface area contributed by atoms with Gasteiger partial charge in [0.05, 0.1) is 19.6 Å². The SMILES string of the molecule is COc1ccc(CC(=O)N(C(=O)[C@@H](N)CC(C)C)[C@H](Cc2c[nH]c3ccccc23)c2nc(C(=O)O)c(C)o2)cc1. The van der Waals surface area contributed by atoms with Gasteiger partial charge in [-0.1, -0.05) is 44.2 Å². The van der Waals surface area contributed by atoms with Crippen molar-refractivity contribution in [3.63, 3.8) is 0 Å². The summed E-state index contributed by atoms with van der Waals surface area (Å²) in [4.78, 5) is 48.2. The summed E-state index contributed by atoms with van der Waals surface area (Å²) in [6.45, 7) is 5.37. The molecule has 0 unspecified atom stereocenters. The lowest BCUT2D eigenvalue weighted by molar-refractivity contribution is -0.149. The van der Waals surface area contributed by atoms with E-state index in [4.69, 9.17) is 14.9 Å². The highest BCUT2D eigenvalue weighted by Crippen LogP contribution is 2.31. The highest BCUT2D eigenvalue weighted by atomic mass is 16.5. The van der Waals surface area contributed by atoms with Crippen molar-refractivity contribution in [3.05, 3.63) is 83.2 Å². The summed E-state index contributed by atoms with van der Waals surface area (Å²) in [7, 11) is 1.55. The van der Waals surface area contributed by atoms with Crippen LogP contribution in [0.3, 0.4) is 0 Å². The average molecular weight is 547 g/mol. The number of aromatic nitrogens is 2. The van der Waals surface area contributed by atoms with E-state index >= 15 is 0 Å². The second-order valence-electron chi connectivity index (χ2n) is 10.2. The molecule has 40 heavy (non-hydrogen) atoms. The van der Waals surface area contributed by atoms with Crippen molar-refractivity contribution in [2.24, 2.45) is 11.7 Å². The number of carboxylic acids is 1. The van der Waals surface area contributed by atoms with E-state index in [2.05, 4.69) is 9.97 Å². The van der Waals surface area contributed by atoms with Gasteiger partial charge in [-0.25, -0.2) is 9.78 Å². The number of aryl methyl sites for hydroxylation is 1. The molecule has 0 radical (unpaired) electrons. The lowest BCUT2D eigenvalue weighted by atomic mass is 9.99. The summed E-state index contributed by atoms with van der Waals surface area (Å²) in [5.74, 6) is -1.58. The topological polar surface area (TPSA) is 152 Å². The van der Waals surface area contributed by atoms with Gasteiger partial charge in [0.2, 0.25) is 17.7 Å². The van der Waals surface area contributed by atoms with Crippen molar-refractivity contribution < 1.29 is 28.6 Å². The second kappa shape index (κ2) is 12.2. The number of hydrogen-bond acceptors (Lipinski definition) is 7. The number of carbonyl (C=O) groups is 3. The van der Waals surface area contributed by atoms with Gasteiger partial charge in [-0.3, -0.25) is 14.5 Å². The molecule has 0 aliphatic heterocycles. The molecule has 10 heteroatoms. The molecule has 2 heterocycles. The molecule has 0 saturated carbocycles. The fourth-order valence-corrected chi connectivity index (χ4v) is 4.80. The number of imide groups is 1. The summed E-state index contributed by atoms with van der Waals surface area (Å²) < 4.78 is 11.0. The number of carboxylic acid groups (broad SMARTS) is 1. The fourth-order valence-electron chi connectivity index (χ4n) is 4.80. The van der Waals surface area contributed by atoms with Crippen molar-refractivity contribution in [3.8, 4) is 5.75 Å². The highest BCUT2D eigenvalue weighted by molar-refractivity contribution is 5.99. The number of ether oxygens (including phenoxy) is 1. The number of methoxy groups -OCH3 is 1. The Morgan fingerprint density at radius 1 is 1.12 bits per heavy atom. The Morgan fingerprint density at radius 3 is 2.45 bits per heavy atom. The number of nitrogens with two attached hydrogens (primary N) is 1. The molecule has 10 nitrogen and oxygen atoms in total. The molecule has 0 fully saturated rings. The number of para-hydroxylation sites is 1. The molecule has 0 aliphatic carbocycles. The van der Waals surface area contributed by atoms with Crippen molar-refractivity contribution in [1.82, 2.24) is 14.9 Å². The summed E-state index contributed by atoms with van der Waals surface area (Å²) >= 11 is 0. The van der Waals surface area contributed by atoms with Crippen LogP contribution < -0.4 is 10.5 Å². The van der Waals surface area contributed by atoms with Gasteiger partial charge in [0, 0.05) is 23.5 Å². The minimum atomic E-state index is -1.27. The van der Waals surface area contributed by atoms with Crippen LogP contribution in [0.15, 0.2) is 59.1 Å². The first-order chi connectivity index (χ1) is 19.1. The fraction of sp³-hybridized carbons (Fsp3) is 0.333. The standard InChI is InChI=1S/C30H34N4O6/c1-17(2)13-23(31)29(36)34(26(35)14-19-9-11-21(39-4)12-10-19)25(28-33-27(30(37)38)18(3)40-28)15-20-16-32-24-8-6-5-7-22(20)24/h5-12,16-17,23,25,32H,13-15,31H2,1-4H3,(H,37,38)/t23-,25+/m0/s1. The van der Waals surface area contributed by atoms with E-state index < -0.39 is 29.9 Å². The zero-order chi connectivity index (χ0) is 29.0. The number of fused-ring (bicyclic) bond motifs is 1. The third-order valence-corrected chi connectivity index (χ3v) is 6.76. The maximum atomic E-state index is 14.0. The first-order valence-corrected chi connectivity index (χ1v) is 13.1. The molecule has 210 valence electrons. The Hall–Kier alpha value is -4.44. The molecule has 0 spiro atoms. The van der Waals surface area contributed by atoms with Crippen LogP contribution in [0.1, 0.15) is 59.6 Å². The molecular weight excluding hydrogens is 512 g/mol. The van der Waals surface area contributed by atoms with E-state index in [0.717, 1.165) is 21.4 Å². The molecule has 4 rings (SSSR count). The van der Waals surface area contributed by atoms with Crippen molar-refractivity contribution in [2.75, 3.05) is 7.11 Å². The van der Waals surface area contributed by atoms with E-state index in [0.29, 0.717) is 17.7 Å². The molecule has 2 aromatic carbocycles. The number of benzene rings is 2. The quantitative estimate of drug-likeness (QED) is 0.250. The van der Waals surface area contributed by atoms with Crippen molar-refractivity contribution >= 4 is 28.7 Å². The first kappa shape index (κ1) is 28.6. The van der Waals surface area contributed by atoms with Crippen molar-refractivity contribution in [2.45, 2.75) is 52.1 Å². The van der Waals surface area contributed by atoms with Crippen LogP contribution in [0.5, 0.6) is 5.75 Å². The summed E-state index contributed by atoms with van der Waals surface area (Å²) in [5, 5.41) is 10.5. The smallest absolute Gasteiger partial charge is 0.358 e. The van der Waals surface area contributed by atoms with Crippen LogP contribution >= 0.6 is 0 Å². The van der Waals surface area contributed by atoms with Crippen LogP contribution in [0.4, 0.5) is 0 Å². The van der Waals surface area contributed by atoms with E-state index in [1.807, 2.05) is 38.1 Å². The number of nitrogens with one attached hydrogen (secondary N) is 1.